The van der Waals surface area contributed by atoms with E-state index in [1.165, 1.54) is 21.9 Å². The molecule has 3 amide bonds. The number of carbonyl (C=O) groups excluding carboxylic acids is 3. The predicted molar refractivity (Wildman–Crippen MR) is 183 cm³/mol. The van der Waals surface area contributed by atoms with Crippen LogP contribution in [0.25, 0.3) is 10.8 Å². The lowest BCUT2D eigenvalue weighted by atomic mass is 9.95. The Morgan fingerprint density at radius 1 is 0.913 bits per heavy atom. The molecule has 46 heavy (non-hydrogen) atoms. The second-order valence-corrected chi connectivity index (χ2v) is 12.8. The molecular weight excluding hydrogens is 596 g/mol. The van der Waals surface area contributed by atoms with Crippen molar-refractivity contribution in [2.24, 2.45) is 0 Å². The highest BCUT2D eigenvalue weighted by molar-refractivity contribution is 6.30. The Morgan fingerprint density at radius 2 is 1.63 bits per heavy atom. The summed E-state index contributed by atoms with van der Waals surface area (Å²) in [4.78, 5) is 45.5. The largest absolute Gasteiger partial charge is 0.343 e. The molecule has 0 radical (unpaired) electrons. The van der Waals surface area contributed by atoms with E-state index in [2.05, 4.69) is 47.0 Å². The maximum Gasteiger partial charge on any atom is 0.246 e. The third-order valence-corrected chi connectivity index (χ3v) is 9.53. The van der Waals surface area contributed by atoms with E-state index in [4.69, 9.17) is 11.6 Å². The summed E-state index contributed by atoms with van der Waals surface area (Å²) < 4.78 is 0. The van der Waals surface area contributed by atoms with Gasteiger partial charge < -0.3 is 20.4 Å². The molecule has 0 aromatic heterocycles. The summed E-state index contributed by atoms with van der Waals surface area (Å²) in [5, 5.41) is 9.40. The molecule has 1 saturated heterocycles. The Morgan fingerprint density at radius 3 is 2.41 bits per heavy atom. The lowest BCUT2D eigenvalue weighted by molar-refractivity contribution is -0.153. The Kier molecular flexibility index (Phi) is 10.0. The molecule has 238 valence electrons. The molecule has 6 rings (SSSR count). The van der Waals surface area contributed by atoms with E-state index in [-0.39, 0.29) is 17.7 Å². The summed E-state index contributed by atoms with van der Waals surface area (Å²) in [7, 11) is 0. The van der Waals surface area contributed by atoms with Crippen LogP contribution in [0.15, 0.2) is 91.0 Å². The number of carbonyl (C=O) groups is 3. The van der Waals surface area contributed by atoms with Gasteiger partial charge >= 0.3 is 0 Å². The summed E-state index contributed by atoms with van der Waals surface area (Å²) >= 11 is 6.14. The highest BCUT2D eigenvalue weighted by Crippen LogP contribution is 2.22. The van der Waals surface area contributed by atoms with E-state index in [1.807, 2.05) is 54.3 Å². The number of rotatable bonds is 10. The second-order valence-electron chi connectivity index (χ2n) is 12.4. The minimum absolute atomic E-state index is 0.0237. The molecule has 3 unspecified atom stereocenters. The number of benzene rings is 4. The van der Waals surface area contributed by atoms with Gasteiger partial charge in [-0.15, -0.1) is 0 Å². The number of piperazine rings is 1. The van der Waals surface area contributed by atoms with Crippen LogP contribution < -0.4 is 10.6 Å². The molecule has 2 heterocycles. The zero-order valence-corrected chi connectivity index (χ0v) is 27.0. The fourth-order valence-electron chi connectivity index (χ4n) is 6.70. The first-order chi connectivity index (χ1) is 22.4. The maximum absolute atomic E-state index is 14.3. The van der Waals surface area contributed by atoms with E-state index in [1.54, 1.807) is 17.0 Å². The number of amides is 3. The molecule has 0 spiro atoms. The van der Waals surface area contributed by atoms with Gasteiger partial charge in [0.05, 0.1) is 6.04 Å². The molecule has 0 aliphatic carbocycles. The van der Waals surface area contributed by atoms with Gasteiger partial charge in [0.25, 0.3) is 0 Å². The van der Waals surface area contributed by atoms with Crippen LogP contribution in [0, 0.1) is 0 Å². The van der Waals surface area contributed by atoms with Gasteiger partial charge in [-0.05, 0) is 64.4 Å². The van der Waals surface area contributed by atoms with Gasteiger partial charge in [-0.2, -0.15) is 0 Å². The van der Waals surface area contributed by atoms with Crippen LogP contribution in [0.4, 0.5) is 0 Å². The summed E-state index contributed by atoms with van der Waals surface area (Å²) in [5.41, 5.74) is 4.38. The van der Waals surface area contributed by atoms with Crippen molar-refractivity contribution >= 4 is 40.1 Å². The number of nitrogens with zero attached hydrogens (tertiary/aromatic N) is 2. The number of hydrogen-bond acceptors (Lipinski definition) is 4. The van der Waals surface area contributed by atoms with Gasteiger partial charge in [0.1, 0.15) is 12.1 Å². The molecule has 2 aliphatic heterocycles. The van der Waals surface area contributed by atoms with E-state index in [0.717, 1.165) is 24.0 Å². The molecule has 1 fully saturated rings. The average Bonchev–Trinajstić information content (AvgIpc) is 3.08. The highest BCUT2D eigenvalue weighted by atomic mass is 35.5. The van der Waals surface area contributed by atoms with Gasteiger partial charge in [0, 0.05) is 37.6 Å². The maximum atomic E-state index is 14.3. The van der Waals surface area contributed by atoms with Crippen LogP contribution in [-0.2, 0) is 40.2 Å². The molecule has 7 nitrogen and oxygen atoms in total. The van der Waals surface area contributed by atoms with Crippen molar-refractivity contribution in [2.75, 3.05) is 19.6 Å². The van der Waals surface area contributed by atoms with Crippen molar-refractivity contribution in [1.82, 2.24) is 20.4 Å². The van der Waals surface area contributed by atoms with Crippen LogP contribution >= 0.6 is 11.6 Å². The van der Waals surface area contributed by atoms with Crippen molar-refractivity contribution in [1.29, 1.82) is 0 Å². The second kappa shape index (κ2) is 14.5. The number of nitrogens with one attached hydrogen (secondary N) is 2. The summed E-state index contributed by atoms with van der Waals surface area (Å²) in [5.74, 6) is -0.459. The molecule has 0 bridgehead atoms. The molecule has 4 aromatic carbocycles. The minimum Gasteiger partial charge on any atom is -0.343 e. The Labute approximate surface area is 275 Å². The van der Waals surface area contributed by atoms with Crippen molar-refractivity contribution in [3.8, 4) is 0 Å². The number of hydrogen-bond donors (Lipinski definition) is 2. The fraction of sp³-hybridized carbons (Fsp3) is 0.342. The van der Waals surface area contributed by atoms with E-state index in [9.17, 15) is 14.4 Å². The van der Waals surface area contributed by atoms with Crippen LogP contribution in [0.1, 0.15) is 42.0 Å². The van der Waals surface area contributed by atoms with E-state index >= 15 is 0 Å². The Hall–Kier alpha value is -4.20. The SMILES string of the molecule is CCCC1C(=O)N(CCc2ccc3ccccc3c2)CCN1C(=O)C(Cc1ccc(Cl)cc1)NC(=O)C1Cc2ccccc2CN1. The molecule has 4 aromatic rings. The third-order valence-electron chi connectivity index (χ3n) is 9.28. The zero-order valence-electron chi connectivity index (χ0n) is 26.3. The van der Waals surface area contributed by atoms with Gasteiger partial charge in [-0.3, -0.25) is 14.4 Å². The summed E-state index contributed by atoms with van der Waals surface area (Å²) in [6.07, 6.45) is 2.94. The number of halogens is 1. The average molecular weight is 637 g/mol. The van der Waals surface area contributed by atoms with Gasteiger partial charge in [-0.1, -0.05) is 104 Å². The molecular formula is C38H41ClN4O3. The summed E-state index contributed by atoms with van der Waals surface area (Å²) in [6, 6.07) is 28.3. The van der Waals surface area contributed by atoms with Crippen LogP contribution in [0.2, 0.25) is 5.02 Å². The molecule has 2 aliphatic rings. The van der Waals surface area contributed by atoms with Gasteiger partial charge in [0.15, 0.2) is 0 Å². The zero-order chi connectivity index (χ0) is 32.0. The highest BCUT2D eigenvalue weighted by Gasteiger charge is 2.40. The van der Waals surface area contributed by atoms with Crippen LogP contribution in [0.3, 0.4) is 0 Å². The van der Waals surface area contributed by atoms with Crippen LogP contribution in [-0.4, -0.2) is 65.3 Å². The van der Waals surface area contributed by atoms with Crippen molar-refractivity contribution < 1.29 is 14.4 Å². The smallest absolute Gasteiger partial charge is 0.246 e. The standard InChI is InChI=1S/C38H41ClN4O3/c1-2-7-35-38(46)42(19-18-27-12-15-28-8-3-4-9-29(28)22-27)20-21-43(35)37(45)34(23-26-13-16-32(39)17-14-26)41-36(44)33-24-30-10-5-6-11-31(30)25-40-33/h3-6,8-17,22,33-35,40H,2,7,18-21,23-25H2,1H3,(H,41,44). The lowest BCUT2D eigenvalue weighted by Crippen LogP contribution is -2.63. The van der Waals surface area contributed by atoms with Crippen molar-refractivity contribution in [3.63, 3.8) is 0 Å². The first-order valence-corrected chi connectivity index (χ1v) is 16.7. The fourth-order valence-corrected chi connectivity index (χ4v) is 6.83. The molecule has 3 atom stereocenters. The number of fused-ring (bicyclic) bond motifs is 2. The Bertz CT molecular complexity index is 1710. The third kappa shape index (κ3) is 7.27. The first kappa shape index (κ1) is 31.8. The quantitative estimate of drug-likeness (QED) is 0.247. The van der Waals surface area contributed by atoms with Gasteiger partial charge in [0.2, 0.25) is 17.7 Å². The molecule has 2 N–H and O–H groups in total. The molecule has 0 saturated carbocycles. The van der Waals surface area contributed by atoms with Crippen molar-refractivity contribution in [3.05, 3.63) is 118 Å². The van der Waals surface area contributed by atoms with Crippen molar-refractivity contribution in [2.45, 2.75) is 63.7 Å². The summed E-state index contributed by atoms with van der Waals surface area (Å²) in [6.45, 7) is 4.11. The first-order valence-electron chi connectivity index (χ1n) is 16.3. The van der Waals surface area contributed by atoms with E-state index < -0.39 is 18.1 Å². The van der Waals surface area contributed by atoms with Gasteiger partial charge in [-0.25, -0.2) is 0 Å². The normalized spacial score (nSPS) is 18.7. The Balaban J connectivity index is 1.17. The monoisotopic (exact) mass is 636 g/mol. The van der Waals surface area contributed by atoms with E-state index in [0.29, 0.717) is 50.5 Å². The predicted octanol–water partition coefficient (Wildman–Crippen LogP) is 5.32. The molecule has 8 heteroatoms. The topological polar surface area (TPSA) is 81.8 Å². The minimum atomic E-state index is -0.816. The van der Waals surface area contributed by atoms with Crippen LogP contribution in [0.5, 0.6) is 0 Å². The lowest BCUT2D eigenvalue weighted by Gasteiger charge is -2.42.